The van der Waals surface area contributed by atoms with Gasteiger partial charge in [0.05, 0.1) is 6.61 Å². The molecule has 7 heteroatoms. The smallest absolute Gasteiger partial charge is 0.325 e. The fourth-order valence-electron chi connectivity index (χ4n) is 1.70. The van der Waals surface area contributed by atoms with Crippen molar-refractivity contribution in [1.29, 1.82) is 0 Å². The van der Waals surface area contributed by atoms with Gasteiger partial charge in [-0.3, -0.25) is 9.59 Å². The largest absolute Gasteiger partial charge is 0.465 e. The van der Waals surface area contributed by atoms with Crippen LogP contribution < -0.4 is 0 Å². The summed E-state index contributed by atoms with van der Waals surface area (Å²) in [5, 5.41) is 3.88. The summed E-state index contributed by atoms with van der Waals surface area (Å²) in [6.45, 7) is 2.20. The second-order valence-electron chi connectivity index (χ2n) is 4.15. The van der Waals surface area contributed by atoms with Gasteiger partial charge in [0.25, 0.3) is 0 Å². The quantitative estimate of drug-likeness (QED) is 0.657. The van der Waals surface area contributed by atoms with E-state index in [1.807, 2.05) is 0 Å². The van der Waals surface area contributed by atoms with Gasteiger partial charge >= 0.3 is 5.97 Å². The van der Waals surface area contributed by atoms with E-state index in [0.717, 1.165) is 12.8 Å². The Hall–Kier alpha value is -1.92. The zero-order chi connectivity index (χ0) is 13.0. The molecule has 1 aliphatic carbocycles. The van der Waals surface area contributed by atoms with Crippen molar-refractivity contribution in [3.05, 3.63) is 12.7 Å². The molecule has 1 aromatic rings. The number of ether oxygens (including phenoxy) is 1. The first-order chi connectivity index (χ1) is 8.70. The van der Waals surface area contributed by atoms with E-state index in [2.05, 4.69) is 10.1 Å². The summed E-state index contributed by atoms with van der Waals surface area (Å²) in [5.74, 6) is -0.493. The lowest BCUT2D eigenvalue weighted by atomic mass is 10.4. The van der Waals surface area contributed by atoms with Gasteiger partial charge < -0.3 is 9.64 Å². The second kappa shape index (κ2) is 5.61. The predicted octanol–water partition coefficient (Wildman–Crippen LogP) is -0.168. The normalized spacial score (nSPS) is 14.3. The summed E-state index contributed by atoms with van der Waals surface area (Å²) in [6.07, 6.45) is 4.75. The summed E-state index contributed by atoms with van der Waals surface area (Å²) in [7, 11) is 0. The molecule has 0 unspecified atom stereocenters. The number of rotatable bonds is 6. The first-order valence-corrected chi connectivity index (χ1v) is 5.98. The van der Waals surface area contributed by atoms with Gasteiger partial charge in [-0.2, -0.15) is 5.10 Å². The van der Waals surface area contributed by atoms with E-state index in [-0.39, 0.29) is 31.0 Å². The van der Waals surface area contributed by atoms with Gasteiger partial charge in [-0.1, -0.05) is 0 Å². The number of esters is 1. The van der Waals surface area contributed by atoms with Crippen LogP contribution in [0.4, 0.5) is 0 Å². The molecule has 0 bridgehead atoms. The Balaban J connectivity index is 1.92. The van der Waals surface area contributed by atoms with E-state index in [4.69, 9.17) is 4.74 Å². The maximum atomic E-state index is 12.1. The fourth-order valence-corrected chi connectivity index (χ4v) is 1.70. The summed E-state index contributed by atoms with van der Waals surface area (Å²) in [4.78, 5) is 28.8. The van der Waals surface area contributed by atoms with E-state index >= 15 is 0 Å². The molecule has 2 rings (SSSR count). The Morgan fingerprint density at radius 2 is 2.28 bits per heavy atom. The average molecular weight is 252 g/mol. The Labute approximate surface area is 105 Å². The molecule has 0 atom stereocenters. The van der Waals surface area contributed by atoms with E-state index in [9.17, 15) is 9.59 Å². The highest BCUT2D eigenvalue weighted by Gasteiger charge is 2.34. The van der Waals surface area contributed by atoms with Gasteiger partial charge in [-0.05, 0) is 19.8 Å². The van der Waals surface area contributed by atoms with E-state index in [0.29, 0.717) is 6.61 Å². The van der Waals surface area contributed by atoms with E-state index in [1.165, 1.54) is 17.3 Å². The van der Waals surface area contributed by atoms with Crippen LogP contribution in [0.25, 0.3) is 0 Å². The van der Waals surface area contributed by atoms with Crippen molar-refractivity contribution < 1.29 is 14.3 Å². The van der Waals surface area contributed by atoms with Crippen molar-refractivity contribution in [2.75, 3.05) is 13.2 Å². The molecule has 1 amide bonds. The maximum Gasteiger partial charge on any atom is 0.325 e. The number of hydrogen-bond acceptors (Lipinski definition) is 5. The van der Waals surface area contributed by atoms with E-state index < -0.39 is 0 Å². The van der Waals surface area contributed by atoms with Gasteiger partial charge in [0.1, 0.15) is 25.7 Å². The highest BCUT2D eigenvalue weighted by atomic mass is 16.5. The van der Waals surface area contributed by atoms with Crippen LogP contribution in [0.5, 0.6) is 0 Å². The Morgan fingerprint density at radius 1 is 1.50 bits per heavy atom. The molecular formula is C11H16N4O3. The molecule has 18 heavy (non-hydrogen) atoms. The third-order valence-corrected chi connectivity index (χ3v) is 2.68. The van der Waals surface area contributed by atoms with Crippen molar-refractivity contribution in [1.82, 2.24) is 19.7 Å². The Bertz CT molecular complexity index is 414. The molecule has 0 aliphatic heterocycles. The monoisotopic (exact) mass is 252 g/mol. The van der Waals surface area contributed by atoms with Crippen molar-refractivity contribution in [3.63, 3.8) is 0 Å². The first-order valence-electron chi connectivity index (χ1n) is 5.98. The fraction of sp³-hybridized carbons (Fsp3) is 0.636. The molecule has 1 aromatic heterocycles. The van der Waals surface area contributed by atoms with Gasteiger partial charge in [-0.25, -0.2) is 9.67 Å². The molecule has 98 valence electrons. The molecule has 1 saturated carbocycles. The lowest BCUT2D eigenvalue weighted by Crippen LogP contribution is -2.40. The molecule has 1 heterocycles. The third kappa shape index (κ3) is 3.28. The maximum absolute atomic E-state index is 12.1. The number of aromatic nitrogens is 3. The molecule has 0 aromatic carbocycles. The third-order valence-electron chi connectivity index (χ3n) is 2.68. The summed E-state index contributed by atoms with van der Waals surface area (Å²) < 4.78 is 6.32. The van der Waals surface area contributed by atoms with Crippen molar-refractivity contribution in [3.8, 4) is 0 Å². The average Bonchev–Trinajstić information content (AvgIpc) is 3.05. The van der Waals surface area contributed by atoms with Crippen LogP contribution in [0.3, 0.4) is 0 Å². The SMILES string of the molecule is CCOC(=O)CN(C(=O)Cn1cncn1)C1CC1. The molecule has 0 radical (unpaired) electrons. The zero-order valence-electron chi connectivity index (χ0n) is 10.3. The molecule has 0 N–H and O–H groups in total. The Kier molecular flexibility index (Phi) is 3.91. The zero-order valence-corrected chi connectivity index (χ0v) is 10.3. The summed E-state index contributed by atoms with van der Waals surface area (Å²) in [6, 6.07) is 0.172. The van der Waals surface area contributed by atoms with Crippen LogP contribution in [-0.2, 0) is 20.9 Å². The second-order valence-corrected chi connectivity index (χ2v) is 4.15. The number of amides is 1. The first kappa shape index (κ1) is 12.5. The van der Waals surface area contributed by atoms with Gasteiger partial charge in [0, 0.05) is 6.04 Å². The van der Waals surface area contributed by atoms with Gasteiger partial charge in [-0.15, -0.1) is 0 Å². The summed E-state index contributed by atoms with van der Waals surface area (Å²) in [5.41, 5.74) is 0. The number of carbonyl (C=O) groups is 2. The van der Waals surface area contributed by atoms with Crippen molar-refractivity contribution in [2.24, 2.45) is 0 Å². The van der Waals surface area contributed by atoms with Gasteiger partial charge in [0.2, 0.25) is 5.91 Å². The standard InChI is InChI=1S/C11H16N4O3/c1-2-18-11(17)6-15(9-3-4-9)10(16)5-14-8-12-7-13-14/h7-9H,2-6H2,1H3. The van der Waals surface area contributed by atoms with Gasteiger partial charge in [0.15, 0.2) is 0 Å². The van der Waals surface area contributed by atoms with Crippen LogP contribution in [0, 0.1) is 0 Å². The highest BCUT2D eigenvalue weighted by molar-refractivity contribution is 5.82. The van der Waals surface area contributed by atoms with E-state index in [1.54, 1.807) is 11.8 Å². The van der Waals surface area contributed by atoms with Crippen LogP contribution >= 0.6 is 0 Å². The molecule has 1 fully saturated rings. The van der Waals surface area contributed by atoms with Crippen LogP contribution in [0.2, 0.25) is 0 Å². The minimum atomic E-state index is -0.364. The topological polar surface area (TPSA) is 77.3 Å². The molecule has 7 nitrogen and oxygen atoms in total. The lowest BCUT2D eigenvalue weighted by Gasteiger charge is -2.21. The minimum absolute atomic E-state index is 0.0199. The molecular weight excluding hydrogens is 236 g/mol. The molecule has 1 aliphatic rings. The molecule has 0 spiro atoms. The number of carbonyl (C=O) groups excluding carboxylic acids is 2. The Morgan fingerprint density at radius 3 is 2.83 bits per heavy atom. The minimum Gasteiger partial charge on any atom is -0.465 e. The lowest BCUT2D eigenvalue weighted by molar-refractivity contribution is -0.149. The molecule has 0 saturated heterocycles. The van der Waals surface area contributed by atoms with Crippen molar-refractivity contribution >= 4 is 11.9 Å². The highest BCUT2D eigenvalue weighted by Crippen LogP contribution is 2.26. The predicted molar refractivity (Wildman–Crippen MR) is 61.4 cm³/mol. The number of nitrogens with zero attached hydrogens (tertiary/aromatic N) is 4. The number of hydrogen-bond donors (Lipinski definition) is 0. The summed E-state index contributed by atoms with van der Waals surface area (Å²) >= 11 is 0. The van der Waals surface area contributed by atoms with Crippen LogP contribution in [-0.4, -0.2) is 50.7 Å². The van der Waals surface area contributed by atoms with Crippen LogP contribution in [0.1, 0.15) is 19.8 Å². The van der Waals surface area contributed by atoms with Crippen LogP contribution in [0.15, 0.2) is 12.7 Å². The van der Waals surface area contributed by atoms with Crippen molar-refractivity contribution in [2.45, 2.75) is 32.4 Å².